The van der Waals surface area contributed by atoms with Crippen molar-refractivity contribution in [1.82, 2.24) is 9.55 Å². The van der Waals surface area contributed by atoms with Gasteiger partial charge in [-0.15, -0.1) is 0 Å². The van der Waals surface area contributed by atoms with Gasteiger partial charge in [0.05, 0.1) is 15.8 Å². The van der Waals surface area contributed by atoms with E-state index in [0.717, 1.165) is 5.56 Å². The molecule has 0 atom stereocenters. The maximum absolute atomic E-state index is 12.8. The van der Waals surface area contributed by atoms with Gasteiger partial charge < -0.3 is 5.32 Å². The molecule has 4 aromatic rings. The Morgan fingerprint density at radius 1 is 0.944 bits per heavy atom. The third-order valence-corrected chi connectivity index (χ3v) is 7.10. The van der Waals surface area contributed by atoms with Crippen molar-refractivity contribution in [2.45, 2.75) is 37.6 Å². The molecular weight excluding hydrogens is 480 g/mol. The standard InChI is InChI=1S/C26H26N4O5S/c1-17(2)18-6-5-7-21(16-18)36(34,35)29-20-12-10-19(11-13-20)27-24(31)14-15-30-23-9-4-3-8-22(23)25(32)28-26(30)33/h3-13,16-17,29H,14-15H2,1-2H3,(H,27,31)(H,28,32,33). The van der Waals surface area contributed by atoms with Crippen LogP contribution in [0.2, 0.25) is 0 Å². The SMILES string of the molecule is CC(C)c1cccc(S(=O)(=O)Nc2ccc(NC(=O)CCn3c(=O)[nH]c(=O)c4ccccc43)cc2)c1. The van der Waals surface area contributed by atoms with Crippen LogP contribution in [0.5, 0.6) is 0 Å². The van der Waals surface area contributed by atoms with E-state index in [1.165, 1.54) is 4.57 Å². The van der Waals surface area contributed by atoms with Crippen molar-refractivity contribution in [1.29, 1.82) is 0 Å². The first-order valence-electron chi connectivity index (χ1n) is 11.4. The fourth-order valence-electron chi connectivity index (χ4n) is 3.78. The van der Waals surface area contributed by atoms with Crippen LogP contribution in [-0.4, -0.2) is 23.9 Å². The highest BCUT2D eigenvalue weighted by atomic mass is 32.2. The molecule has 1 heterocycles. The average Bonchev–Trinajstić information content (AvgIpc) is 2.85. The van der Waals surface area contributed by atoms with Crippen LogP contribution in [0.1, 0.15) is 31.7 Å². The largest absolute Gasteiger partial charge is 0.328 e. The highest BCUT2D eigenvalue weighted by Crippen LogP contribution is 2.22. The van der Waals surface area contributed by atoms with Gasteiger partial charge in [-0.05, 0) is 60.0 Å². The Kier molecular flexibility index (Phi) is 7.07. The number of sulfonamides is 1. The first-order chi connectivity index (χ1) is 17.1. The summed E-state index contributed by atoms with van der Waals surface area (Å²) in [5.41, 5.74) is 1.15. The zero-order valence-electron chi connectivity index (χ0n) is 19.8. The number of fused-ring (bicyclic) bond motifs is 1. The summed E-state index contributed by atoms with van der Waals surface area (Å²) >= 11 is 0. The zero-order valence-corrected chi connectivity index (χ0v) is 20.6. The number of H-pyrrole nitrogens is 1. The molecule has 0 unspecified atom stereocenters. The number of amides is 1. The number of carbonyl (C=O) groups is 1. The van der Waals surface area contributed by atoms with Crippen LogP contribution in [0.3, 0.4) is 0 Å². The number of benzene rings is 3. The fourth-order valence-corrected chi connectivity index (χ4v) is 4.89. The van der Waals surface area contributed by atoms with Crippen molar-refractivity contribution < 1.29 is 13.2 Å². The monoisotopic (exact) mass is 506 g/mol. The molecule has 1 amide bonds. The Labute approximate surface area is 207 Å². The quantitative estimate of drug-likeness (QED) is 0.336. The van der Waals surface area contributed by atoms with Gasteiger partial charge in [-0.2, -0.15) is 0 Å². The molecule has 186 valence electrons. The number of rotatable bonds is 8. The highest BCUT2D eigenvalue weighted by molar-refractivity contribution is 7.92. The maximum atomic E-state index is 12.8. The fraction of sp³-hybridized carbons (Fsp3) is 0.192. The van der Waals surface area contributed by atoms with Gasteiger partial charge in [0.25, 0.3) is 15.6 Å². The minimum Gasteiger partial charge on any atom is -0.326 e. The van der Waals surface area contributed by atoms with Crippen molar-refractivity contribution in [2.24, 2.45) is 0 Å². The van der Waals surface area contributed by atoms with Crippen LogP contribution >= 0.6 is 0 Å². The van der Waals surface area contributed by atoms with E-state index in [2.05, 4.69) is 15.0 Å². The summed E-state index contributed by atoms with van der Waals surface area (Å²) in [4.78, 5) is 39.1. The number of aromatic amines is 1. The number of carbonyl (C=O) groups excluding carboxylic acids is 1. The van der Waals surface area contributed by atoms with E-state index in [1.807, 2.05) is 19.9 Å². The van der Waals surface area contributed by atoms with E-state index in [-0.39, 0.29) is 29.7 Å². The number of nitrogens with one attached hydrogen (secondary N) is 3. The molecule has 4 rings (SSSR count). The van der Waals surface area contributed by atoms with Crippen molar-refractivity contribution in [3.8, 4) is 0 Å². The summed E-state index contributed by atoms with van der Waals surface area (Å²) in [7, 11) is -3.76. The molecular formula is C26H26N4O5S. The van der Waals surface area contributed by atoms with Gasteiger partial charge in [0.2, 0.25) is 5.91 Å². The Bertz CT molecular complexity index is 1640. The molecule has 3 aromatic carbocycles. The van der Waals surface area contributed by atoms with Gasteiger partial charge in [-0.1, -0.05) is 38.1 Å². The van der Waals surface area contributed by atoms with Gasteiger partial charge >= 0.3 is 5.69 Å². The van der Waals surface area contributed by atoms with E-state index in [0.29, 0.717) is 22.3 Å². The summed E-state index contributed by atoms with van der Waals surface area (Å²) in [5.74, 6) is -0.138. The summed E-state index contributed by atoms with van der Waals surface area (Å²) in [6.45, 7) is 4.07. The first-order valence-corrected chi connectivity index (χ1v) is 12.9. The molecule has 0 aliphatic rings. The molecule has 10 heteroatoms. The number of hydrogen-bond donors (Lipinski definition) is 3. The summed E-state index contributed by atoms with van der Waals surface area (Å²) in [6, 6.07) is 19.8. The summed E-state index contributed by atoms with van der Waals surface area (Å²) < 4.78 is 29.4. The van der Waals surface area contributed by atoms with Crippen molar-refractivity contribution in [3.63, 3.8) is 0 Å². The average molecular weight is 507 g/mol. The molecule has 0 aliphatic carbocycles. The lowest BCUT2D eigenvalue weighted by Gasteiger charge is -2.12. The minimum atomic E-state index is -3.76. The Balaban J connectivity index is 1.40. The van der Waals surface area contributed by atoms with E-state index in [4.69, 9.17) is 0 Å². The molecule has 0 radical (unpaired) electrons. The number of aromatic nitrogens is 2. The van der Waals surface area contributed by atoms with Crippen LogP contribution < -0.4 is 21.3 Å². The van der Waals surface area contributed by atoms with Crippen molar-refractivity contribution in [3.05, 3.63) is 99.2 Å². The van der Waals surface area contributed by atoms with Crippen LogP contribution in [0, 0.1) is 0 Å². The number of aryl methyl sites for hydroxylation is 1. The lowest BCUT2D eigenvalue weighted by Crippen LogP contribution is -2.31. The molecule has 0 saturated carbocycles. The molecule has 0 saturated heterocycles. The summed E-state index contributed by atoms with van der Waals surface area (Å²) in [5, 5.41) is 3.10. The Morgan fingerprint density at radius 3 is 2.36 bits per heavy atom. The third kappa shape index (κ3) is 5.55. The molecule has 0 spiro atoms. The molecule has 3 N–H and O–H groups in total. The highest BCUT2D eigenvalue weighted by Gasteiger charge is 2.16. The smallest absolute Gasteiger partial charge is 0.326 e. The lowest BCUT2D eigenvalue weighted by molar-refractivity contribution is -0.116. The van der Waals surface area contributed by atoms with Crippen LogP contribution in [0.15, 0.2) is 87.3 Å². The molecule has 36 heavy (non-hydrogen) atoms. The van der Waals surface area contributed by atoms with Gasteiger partial charge in [-0.25, -0.2) is 13.2 Å². The number of nitrogens with zero attached hydrogens (tertiary/aromatic N) is 1. The number of anilines is 2. The third-order valence-electron chi connectivity index (χ3n) is 5.72. The van der Waals surface area contributed by atoms with Crippen molar-refractivity contribution >= 4 is 38.2 Å². The van der Waals surface area contributed by atoms with E-state index in [1.54, 1.807) is 66.7 Å². The second-order valence-electron chi connectivity index (χ2n) is 8.64. The van der Waals surface area contributed by atoms with E-state index in [9.17, 15) is 22.8 Å². The lowest BCUT2D eigenvalue weighted by atomic mass is 10.0. The first kappa shape index (κ1) is 24.9. The van der Waals surface area contributed by atoms with Crippen LogP contribution in [-0.2, 0) is 21.4 Å². The van der Waals surface area contributed by atoms with E-state index >= 15 is 0 Å². The topological polar surface area (TPSA) is 130 Å². The zero-order chi connectivity index (χ0) is 25.9. The van der Waals surface area contributed by atoms with Crippen molar-refractivity contribution in [2.75, 3.05) is 10.0 Å². The molecule has 9 nitrogen and oxygen atoms in total. The Morgan fingerprint density at radius 2 is 1.64 bits per heavy atom. The van der Waals surface area contributed by atoms with Gasteiger partial charge in [-0.3, -0.25) is 23.9 Å². The predicted octanol–water partition coefficient (Wildman–Crippen LogP) is 3.64. The second kappa shape index (κ2) is 10.2. The van der Waals surface area contributed by atoms with E-state index < -0.39 is 21.3 Å². The van der Waals surface area contributed by atoms with Crippen LogP contribution in [0.4, 0.5) is 11.4 Å². The molecule has 1 aromatic heterocycles. The normalized spacial score (nSPS) is 11.5. The second-order valence-corrected chi connectivity index (χ2v) is 10.3. The van der Waals surface area contributed by atoms with Gasteiger partial charge in [0, 0.05) is 24.3 Å². The molecule has 0 bridgehead atoms. The Hall–Kier alpha value is -4.18. The predicted molar refractivity (Wildman–Crippen MR) is 140 cm³/mol. The van der Waals surface area contributed by atoms with Crippen LogP contribution in [0.25, 0.3) is 10.9 Å². The number of hydrogen-bond acceptors (Lipinski definition) is 5. The van der Waals surface area contributed by atoms with Gasteiger partial charge in [0.1, 0.15) is 0 Å². The maximum Gasteiger partial charge on any atom is 0.328 e. The summed E-state index contributed by atoms with van der Waals surface area (Å²) in [6.07, 6.45) is -0.00346. The molecule has 0 fully saturated rings. The number of para-hydroxylation sites is 1. The minimum absolute atomic E-state index is 0.00346. The van der Waals surface area contributed by atoms with Gasteiger partial charge in [0.15, 0.2) is 0 Å². The molecule has 0 aliphatic heterocycles.